The van der Waals surface area contributed by atoms with Gasteiger partial charge in [-0.3, -0.25) is 4.79 Å². The van der Waals surface area contributed by atoms with Gasteiger partial charge >= 0.3 is 5.97 Å². The average Bonchev–Trinajstić information content (AvgIpc) is 2.69. The van der Waals surface area contributed by atoms with Gasteiger partial charge in [0.05, 0.1) is 0 Å². The van der Waals surface area contributed by atoms with Gasteiger partial charge in [-0.25, -0.2) is 9.67 Å². The summed E-state index contributed by atoms with van der Waals surface area (Å²) in [6, 6.07) is 0. The summed E-state index contributed by atoms with van der Waals surface area (Å²) in [6.07, 6.45) is 2.36. The van der Waals surface area contributed by atoms with Crippen molar-refractivity contribution in [2.75, 3.05) is 12.3 Å². The predicted molar refractivity (Wildman–Crippen MR) is 66.1 cm³/mol. The lowest BCUT2D eigenvalue weighted by molar-refractivity contribution is -0.143. The van der Waals surface area contributed by atoms with Crippen molar-refractivity contribution in [2.45, 2.75) is 31.0 Å². The van der Waals surface area contributed by atoms with E-state index < -0.39 is 11.5 Å². The number of aryl methyl sites for hydroxylation is 1. The largest absolute Gasteiger partial charge is 0.480 e. The molecule has 0 spiro atoms. The van der Waals surface area contributed by atoms with Gasteiger partial charge in [-0.05, 0) is 19.9 Å². The maximum Gasteiger partial charge on any atom is 0.324 e. The molecule has 0 aliphatic rings. The molecular weight excluding hydrogens is 240 g/mol. The second-order valence-corrected chi connectivity index (χ2v) is 4.96. The Morgan fingerprint density at radius 2 is 2.41 bits per heavy atom. The molecule has 1 aromatic rings. The summed E-state index contributed by atoms with van der Waals surface area (Å²) in [6.45, 7) is 4.38. The van der Waals surface area contributed by atoms with Crippen molar-refractivity contribution in [3.05, 3.63) is 6.33 Å². The Bertz CT molecular complexity index is 382. The summed E-state index contributed by atoms with van der Waals surface area (Å²) in [5.41, 5.74) is -0.938. The summed E-state index contributed by atoms with van der Waals surface area (Å²) in [4.78, 5) is 15.3. The topological polar surface area (TPSA) is 80.0 Å². The lowest BCUT2D eigenvalue weighted by Crippen LogP contribution is -2.52. The highest BCUT2D eigenvalue weighted by Crippen LogP contribution is 2.20. The van der Waals surface area contributed by atoms with Crippen LogP contribution in [0.2, 0.25) is 0 Å². The summed E-state index contributed by atoms with van der Waals surface area (Å²) in [5.74, 6) is -0.435. The highest BCUT2D eigenvalue weighted by molar-refractivity contribution is 7.99. The van der Waals surface area contributed by atoms with Crippen LogP contribution in [0.15, 0.2) is 11.5 Å². The van der Waals surface area contributed by atoms with E-state index in [1.54, 1.807) is 18.7 Å². The molecule has 0 aliphatic heterocycles. The fraction of sp³-hybridized carbons (Fsp3) is 0.700. The van der Waals surface area contributed by atoms with E-state index in [0.29, 0.717) is 12.3 Å². The highest BCUT2D eigenvalue weighted by Gasteiger charge is 2.32. The fourth-order valence-corrected chi connectivity index (χ4v) is 2.21. The first-order chi connectivity index (χ1) is 7.99. The minimum atomic E-state index is -0.938. The first-order valence-corrected chi connectivity index (χ1v) is 6.43. The standard InChI is InChI=1S/C10H18N4O2S/c1-4-5-12-10(2,8(15)16)6-17-9-11-7-13-14(9)3/h7,12H,4-6H2,1-3H3,(H,15,16). The SMILES string of the molecule is CCCNC(C)(CSc1ncnn1C)C(=O)O. The van der Waals surface area contributed by atoms with E-state index in [1.165, 1.54) is 18.1 Å². The number of carboxylic acid groups (broad SMARTS) is 1. The maximum atomic E-state index is 11.3. The van der Waals surface area contributed by atoms with E-state index in [2.05, 4.69) is 15.4 Å². The monoisotopic (exact) mass is 258 g/mol. The summed E-state index contributed by atoms with van der Waals surface area (Å²) >= 11 is 1.39. The zero-order chi connectivity index (χ0) is 12.9. The molecule has 0 saturated carbocycles. The van der Waals surface area contributed by atoms with E-state index in [1.807, 2.05) is 6.92 Å². The van der Waals surface area contributed by atoms with Crippen LogP contribution < -0.4 is 5.32 Å². The number of carbonyl (C=O) groups is 1. The van der Waals surface area contributed by atoms with Crippen LogP contribution in [0.4, 0.5) is 0 Å². The van der Waals surface area contributed by atoms with Gasteiger partial charge in [0, 0.05) is 12.8 Å². The highest BCUT2D eigenvalue weighted by atomic mass is 32.2. The van der Waals surface area contributed by atoms with Gasteiger partial charge in [-0.2, -0.15) is 5.10 Å². The number of aromatic nitrogens is 3. The zero-order valence-electron chi connectivity index (χ0n) is 10.3. The number of thioether (sulfide) groups is 1. The first kappa shape index (κ1) is 14.0. The molecule has 0 amide bonds. The van der Waals surface area contributed by atoms with E-state index in [9.17, 15) is 9.90 Å². The molecule has 17 heavy (non-hydrogen) atoms. The number of rotatable bonds is 7. The third kappa shape index (κ3) is 3.71. The van der Waals surface area contributed by atoms with Crippen molar-refractivity contribution in [1.82, 2.24) is 20.1 Å². The van der Waals surface area contributed by atoms with Gasteiger partial charge in [-0.1, -0.05) is 18.7 Å². The van der Waals surface area contributed by atoms with Crippen molar-refractivity contribution in [1.29, 1.82) is 0 Å². The van der Waals surface area contributed by atoms with Crippen molar-refractivity contribution in [3.63, 3.8) is 0 Å². The van der Waals surface area contributed by atoms with Crippen LogP contribution in [0.1, 0.15) is 20.3 Å². The Kier molecular flexibility index (Phi) is 4.95. The smallest absolute Gasteiger partial charge is 0.324 e. The number of hydrogen-bond donors (Lipinski definition) is 2. The second kappa shape index (κ2) is 6.02. The number of nitrogens with one attached hydrogen (secondary N) is 1. The van der Waals surface area contributed by atoms with Crippen LogP contribution in [-0.2, 0) is 11.8 Å². The molecule has 96 valence electrons. The van der Waals surface area contributed by atoms with E-state index in [4.69, 9.17) is 0 Å². The molecule has 0 fully saturated rings. The number of carboxylic acids is 1. The lowest BCUT2D eigenvalue weighted by Gasteiger charge is -2.25. The van der Waals surface area contributed by atoms with Gasteiger partial charge in [0.15, 0.2) is 5.16 Å². The third-order valence-corrected chi connectivity index (χ3v) is 3.75. The van der Waals surface area contributed by atoms with E-state index >= 15 is 0 Å². The van der Waals surface area contributed by atoms with Gasteiger partial charge in [-0.15, -0.1) is 0 Å². The number of nitrogens with zero attached hydrogens (tertiary/aromatic N) is 3. The molecule has 0 aliphatic carbocycles. The molecule has 0 aromatic carbocycles. The molecule has 1 rings (SSSR count). The van der Waals surface area contributed by atoms with Crippen LogP contribution in [0.25, 0.3) is 0 Å². The van der Waals surface area contributed by atoms with E-state index in [-0.39, 0.29) is 0 Å². The normalized spacial score (nSPS) is 14.5. The minimum absolute atomic E-state index is 0.412. The fourth-order valence-electron chi connectivity index (χ4n) is 1.21. The zero-order valence-corrected chi connectivity index (χ0v) is 11.1. The number of aliphatic carboxylic acids is 1. The first-order valence-electron chi connectivity index (χ1n) is 5.45. The Morgan fingerprint density at radius 1 is 1.71 bits per heavy atom. The Hall–Kier alpha value is -1.08. The van der Waals surface area contributed by atoms with E-state index in [0.717, 1.165) is 11.6 Å². The van der Waals surface area contributed by atoms with Gasteiger partial charge in [0.25, 0.3) is 0 Å². The Balaban J connectivity index is 2.61. The second-order valence-electron chi connectivity index (χ2n) is 4.02. The Morgan fingerprint density at radius 3 is 2.88 bits per heavy atom. The number of hydrogen-bond acceptors (Lipinski definition) is 5. The molecule has 6 nitrogen and oxygen atoms in total. The molecular formula is C10H18N4O2S. The summed E-state index contributed by atoms with van der Waals surface area (Å²) in [5, 5.41) is 16.9. The maximum absolute atomic E-state index is 11.3. The van der Waals surface area contributed by atoms with Gasteiger partial charge < -0.3 is 10.4 Å². The van der Waals surface area contributed by atoms with Crippen LogP contribution in [0, 0.1) is 0 Å². The van der Waals surface area contributed by atoms with Crippen molar-refractivity contribution in [2.24, 2.45) is 7.05 Å². The molecule has 2 N–H and O–H groups in total. The van der Waals surface area contributed by atoms with Crippen molar-refractivity contribution < 1.29 is 9.90 Å². The molecule has 1 atom stereocenters. The average molecular weight is 258 g/mol. The lowest BCUT2D eigenvalue weighted by atomic mass is 10.1. The molecule has 7 heteroatoms. The minimum Gasteiger partial charge on any atom is -0.480 e. The van der Waals surface area contributed by atoms with Gasteiger partial charge in [0.2, 0.25) is 0 Å². The van der Waals surface area contributed by atoms with Crippen LogP contribution in [-0.4, -0.2) is 43.7 Å². The molecule has 0 saturated heterocycles. The molecule has 1 aromatic heterocycles. The summed E-state index contributed by atoms with van der Waals surface area (Å²) in [7, 11) is 1.78. The molecule has 0 radical (unpaired) electrons. The van der Waals surface area contributed by atoms with Crippen molar-refractivity contribution in [3.8, 4) is 0 Å². The quantitative estimate of drug-likeness (QED) is 0.703. The predicted octanol–water partition coefficient (Wildman–Crippen LogP) is 0.750. The van der Waals surface area contributed by atoms with Crippen LogP contribution in [0.5, 0.6) is 0 Å². The van der Waals surface area contributed by atoms with Gasteiger partial charge in [0.1, 0.15) is 11.9 Å². The molecule has 1 unspecified atom stereocenters. The molecule has 1 heterocycles. The van der Waals surface area contributed by atoms with Crippen molar-refractivity contribution >= 4 is 17.7 Å². The van der Waals surface area contributed by atoms with Crippen LogP contribution >= 0.6 is 11.8 Å². The third-order valence-electron chi connectivity index (χ3n) is 2.40. The Labute approximate surface area is 105 Å². The molecule has 0 bridgehead atoms. The summed E-state index contributed by atoms with van der Waals surface area (Å²) < 4.78 is 1.63. The van der Waals surface area contributed by atoms with Crippen LogP contribution in [0.3, 0.4) is 0 Å².